The van der Waals surface area contributed by atoms with Gasteiger partial charge in [0, 0.05) is 6.61 Å². The molecule has 0 saturated heterocycles. The Kier molecular flexibility index (Phi) is 2.88. The van der Waals surface area contributed by atoms with Crippen LogP contribution in [0.3, 0.4) is 0 Å². The molecule has 1 N–H and O–H groups in total. The number of hydrogen-bond acceptors (Lipinski definition) is 1. The van der Waals surface area contributed by atoms with Crippen molar-refractivity contribution in [1.82, 2.24) is 0 Å². The summed E-state index contributed by atoms with van der Waals surface area (Å²) in [5.41, 5.74) is 0.570. The predicted octanol–water partition coefficient (Wildman–Crippen LogP) is 3.22. The van der Waals surface area contributed by atoms with E-state index in [-0.39, 0.29) is 0 Å². The molecule has 4 atom stereocenters. The SMILES string of the molecule is CC(CO)C1CC[C@H]2CCCC[C@]12C. The fourth-order valence-electron chi connectivity index (χ4n) is 4.16. The van der Waals surface area contributed by atoms with Crippen LogP contribution >= 0.6 is 0 Å². The lowest BCUT2D eigenvalue weighted by Gasteiger charge is -2.42. The topological polar surface area (TPSA) is 20.2 Å². The van der Waals surface area contributed by atoms with Crippen LogP contribution in [0, 0.1) is 23.2 Å². The summed E-state index contributed by atoms with van der Waals surface area (Å²) in [6, 6.07) is 0. The summed E-state index contributed by atoms with van der Waals surface area (Å²) in [5, 5.41) is 9.30. The molecule has 82 valence electrons. The Balaban J connectivity index is 2.12. The molecule has 2 aliphatic carbocycles. The first kappa shape index (κ1) is 10.5. The third-order valence-corrected chi connectivity index (χ3v) is 5.10. The van der Waals surface area contributed by atoms with Crippen molar-refractivity contribution >= 4 is 0 Å². The van der Waals surface area contributed by atoms with Crippen LogP contribution < -0.4 is 0 Å². The van der Waals surface area contributed by atoms with Crippen LogP contribution in [-0.4, -0.2) is 11.7 Å². The molecule has 2 aliphatic rings. The minimum absolute atomic E-state index is 0.382. The number of aliphatic hydroxyl groups excluding tert-OH is 1. The summed E-state index contributed by atoms with van der Waals surface area (Å²) in [5.74, 6) is 2.27. The molecule has 1 nitrogen and oxygen atoms in total. The highest BCUT2D eigenvalue weighted by Gasteiger charge is 2.48. The molecule has 0 bridgehead atoms. The average Bonchev–Trinajstić information content (AvgIpc) is 2.54. The molecule has 2 unspecified atom stereocenters. The van der Waals surface area contributed by atoms with Crippen molar-refractivity contribution in [3.63, 3.8) is 0 Å². The lowest BCUT2D eigenvalue weighted by atomic mass is 9.63. The quantitative estimate of drug-likeness (QED) is 0.719. The Morgan fingerprint density at radius 3 is 2.79 bits per heavy atom. The first-order valence-electron chi connectivity index (χ1n) is 6.29. The maximum Gasteiger partial charge on any atom is 0.0459 e. The third kappa shape index (κ3) is 1.50. The molecular formula is C13H24O. The third-order valence-electron chi connectivity index (χ3n) is 5.10. The van der Waals surface area contributed by atoms with Crippen LogP contribution in [-0.2, 0) is 0 Å². The zero-order valence-electron chi connectivity index (χ0n) is 9.63. The molecule has 0 aromatic carbocycles. The Morgan fingerprint density at radius 1 is 1.29 bits per heavy atom. The Labute approximate surface area is 87.9 Å². The minimum atomic E-state index is 0.382. The van der Waals surface area contributed by atoms with Gasteiger partial charge in [-0.15, -0.1) is 0 Å². The van der Waals surface area contributed by atoms with Crippen LogP contribution in [0.15, 0.2) is 0 Å². The molecule has 1 heteroatoms. The Hall–Kier alpha value is -0.0400. The van der Waals surface area contributed by atoms with Crippen molar-refractivity contribution in [2.45, 2.75) is 52.4 Å². The molecule has 0 aromatic rings. The fraction of sp³-hybridized carbons (Fsp3) is 1.00. The van der Waals surface area contributed by atoms with Gasteiger partial charge in [0.15, 0.2) is 0 Å². The van der Waals surface area contributed by atoms with E-state index >= 15 is 0 Å². The highest BCUT2D eigenvalue weighted by molar-refractivity contribution is 4.98. The first-order chi connectivity index (χ1) is 6.68. The molecule has 0 aliphatic heterocycles. The van der Waals surface area contributed by atoms with Crippen molar-refractivity contribution in [3.8, 4) is 0 Å². The van der Waals surface area contributed by atoms with Crippen molar-refractivity contribution < 1.29 is 5.11 Å². The van der Waals surface area contributed by atoms with Gasteiger partial charge in [0.2, 0.25) is 0 Å². The van der Waals surface area contributed by atoms with Crippen LogP contribution in [0.5, 0.6) is 0 Å². The van der Waals surface area contributed by atoms with Gasteiger partial charge >= 0.3 is 0 Å². The zero-order chi connectivity index (χ0) is 10.2. The van der Waals surface area contributed by atoms with E-state index in [9.17, 15) is 5.11 Å². The second-order valence-electron chi connectivity index (χ2n) is 5.79. The second-order valence-corrected chi connectivity index (χ2v) is 5.79. The molecule has 0 aromatic heterocycles. The summed E-state index contributed by atoms with van der Waals surface area (Å²) in [4.78, 5) is 0. The summed E-state index contributed by atoms with van der Waals surface area (Å²) in [6.07, 6.45) is 8.51. The highest BCUT2D eigenvalue weighted by atomic mass is 16.3. The lowest BCUT2D eigenvalue weighted by Crippen LogP contribution is -2.35. The lowest BCUT2D eigenvalue weighted by molar-refractivity contribution is 0.0487. The van der Waals surface area contributed by atoms with Crippen LogP contribution in [0.4, 0.5) is 0 Å². The molecule has 0 spiro atoms. The van der Waals surface area contributed by atoms with Gasteiger partial charge < -0.3 is 5.11 Å². The van der Waals surface area contributed by atoms with Gasteiger partial charge in [0.25, 0.3) is 0 Å². The van der Waals surface area contributed by atoms with Crippen LogP contribution in [0.25, 0.3) is 0 Å². The fourth-order valence-corrected chi connectivity index (χ4v) is 4.16. The van der Waals surface area contributed by atoms with Gasteiger partial charge in [-0.3, -0.25) is 0 Å². The van der Waals surface area contributed by atoms with Gasteiger partial charge in [-0.25, -0.2) is 0 Å². The molecule has 2 saturated carbocycles. The van der Waals surface area contributed by atoms with E-state index in [4.69, 9.17) is 0 Å². The van der Waals surface area contributed by atoms with Gasteiger partial charge in [0.05, 0.1) is 0 Å². The number of aliphatic hydroxyl groups is 1. The van der Waals surface area contributed by atoms with E-state index in [0.717, 1.165) is 11.8 Å². The standard InChI is InChI=1S/C13H24O/c1-10(9-14)12-7-6-11-5-3-4-8-13(11,12)2/h10-12,14H,3-9H2,1-2H3/t10?,11-,12?,13+/m1/s1. The summed E-state index contributed by atoms with van der Waals surface area (Å²) < 4.78 is 0. The van der Waals surface area contributed by atoms with E-state index in [0.29, 0.717) is 17.9 Å². The average molecular weight is 196 g/mol. The van der Waals surface area contributed by atoms with Gasteiger partial charge in [-0.2, -0.15) is 0 Å². The van der Waals surface area contributed by atoms with Gasteiger partial charge in [0.1, 0.15) is 0 Å². The Morgan fingerprint density at radius 2 is 2.07 bits per heavy atom. The highest BCUT2D eigenvalue weighted by Crippen LogP contribution is 2.57. The van der Waals surface area contributed by atoms with Gasteiger partial charge in [-0.05, 0) is 48.9 Å². The summed E-state index contributed by atoms with van der Waals surface area (Å²) in [7, 11) is 0. The Bertz CT molecular complexity index is 201. The van der Waals surface area contributed by atoms with E-state index < -0.39 is 0 Å². The second kappa shape index (κ2) is 3.84. The zero-order valence-corrected chi connectivity index (χ0v) is 9.63. The van der Waals surface area contributed by atoms with E-state index in [2.05, 4.69) is 13.8 Å². The molecule has 0 amide bonds. The van der Waals surface area contributed by atoms with Crippen molar-refractivity contribution in [3.05, 3.63) is 0 Å². The van der Waals surface area contributed by atoms with Crippen molar-refractivity contribution in [2.24, 2.45) is 23.2 Å². The number of fused-ring (bicyclic) bond motifs is 1. The smallest absolute Gasteiger partial charge is 0.0459 e. The summed E-state index contributed by atoms with van der Waals surface area (Å²) >= 11 is 0. The molecule has 2 fully saturated rings. The minimum Gasteiger partial charge on any atom is -0.396 e. The largest absolute Gasteiger partial charge is 0.396 e. The maximum atomic E-state index is 9.30. The maximum absolute atomic E-state index is 9.30. The molecular weight excluding hydrogens is 172 g/mol. The monoisotopic (exact) mass is 196 g/mol. The first-order valence-corrected chi connectivity index (χ1v) is 6.29. The van der Waals surface area contributed by atoms with E-state index in [1.807, 2.05) is 0 Å². The van der Waals surface area contributed by atoms with E-state index in [1.165, 1.54) is 38.5 Å². The van der Waals surface area contributed by atoms with Crippen molar-refractivity contribution in [1.29, 1.82) is 0 Å². The molecule has 0 radical (unpaired) electrons. The van der Waals surface area contributed by atoms with Crippen LogP contribution in [0.2, 0.25) is 0 Å². The predicted molar refractivity (Wildman–Crippen MR) is 59.0 cm³/mol. The molecule has 0 heterocycles. The normalized spacial score (nSPS) is 44.8. The number of hydrogen-bond donors (Lipinski definition) is 1. The van der Waals surface area contributed by atoms with Crippen LogP contribution in [0.1, 0.15) is 52.4 Å². The number of rotatable bonds is 2. The summed E-state index contributed by atoms with van der Waals surface area (Å²) in [6.45, 7) is 5.10. The molecule has 2 rings (SSSR count). The van der Waals surface area contributed by atoms with E-state index in [1.54, 1.807) is 0 Å². The molecule has 14 heavy (non-hydrogen) atoms. The van der Waals surface area contributed by atoms with Gasteiger partial charge in [-0.1, -0.05) is 26.7 Å². The van der Waals surface area contributed by atoms with Crippen molar-refractivity contribution in [2.75, 3.05) is 6.61 Å².